The van der Waals surface area contributed by atoms with Crippen LogP contribution in [0.2, 0.25) is 0 Å². The standard InChI is InChI=1S/C20H31N3O3S/c1-16-8-5-9-18(14-16)15-22-12-6-10-20(19(22)24)11-7-13-23(17(20)2)27(25,26)21(3)4/h5,8-9,14,17H,6-7,10-13,15H2,1-4H3/t17-,20+/m1/s1. The van der Waals surface area contributed by atoms with Gasteiger partial charge in [0.15, 0.2) is 0 Å². The number of hydrogen-bond acceptors (Lipinski definition) is 3. The Morgan fingerprint density at radius 3 is 2.48 bits per heavy atom. The summed E-state index contributed by atoms with van der Waals surface area (Å²) >= 11 is 0. The summed E-state index contributed by atoms with van der Waals surface area (Å²) in [6.45, 7) is 5.77. The quantitative estimate of drug-likeness (QED) is 0.789. The van der Waals surface area contributed by atoms with Crippen LogP contribution in [0.15, 0.2) is 24.3 Å². The van der Waals surface area contributed by atoms with E-state index in [4.69, 9.17) is 0 Å². The minimum absolute atomic E-state index is 0.112. The molecule has 2 heterocycles. The van der Waals surface area contributed by atoms with Crippen LogP contribution in [0.5, 0.6) is 0 Å². The Hall–Kier alpha value is -1.44. The first-order valence-corrected chi connectivity index (χ1v) is 11.1. The van der Waals surface area contributed by atoms with Gasteiger partial charge in [0.1, 0.15) is 0 Å². The van der Waals surface area contributed by atoms with Crippen LogP contribution >= 0.6 is 0 Å². The van der Waals surface area contributed by atoms with Gasteiger partial charge in [0.25, 0.3) is 10.2 Å². The Morgan fingerprint density at radius 1 is 1.19 bits per heavy atom. The van der Waals surface area contributed by atoms with Gasteiger partial charge in [-0.1, -0.05) is 29.8 Å². The lowest BCUT2D eigenvalue weighted by Gasteiger charge is -2.51. The van der Waals surface area contributed by atoms with Gasteiger partial charge in [-0.25, -0.2) is 0 Å². The molecule has 0 unspecified atom stereocenters. The third-order valence-corrected chi connectivity index (χ3v) is 8.23. The molecule has 6 nitrogen and oxygen atoms in total. The Labute approximate surface area is 163 Å². The van der Waals surface area contributed by atoms with Gasteiger partial charge in [0.05, 0.1) is 5.41 Å². The molecule has 2 atom stereocenters. The highest BCUT2D eigenvalue weighted by Gasteiger charge is 2.53. The van der Waals surface area contributed by atoms with Crippen molar-refractivity contribution in [1.29, 1.82) is 0 Å². The second-order valence-corrected chi connectivity index (χ2v) is 10.3. The molecule has 2 aliphatic rings. The number of rotatable bonds is 4. The van der Waals surface area contributed by atoms with E-state index in [1.54, 1.807) is 14.1 Å². The first-order valence-electron chi connectivity index (χ1n) is 9.73. The zero-order valence-corrected chi connectivity index (χ0v) is 17.6. The summed E-state index contributed by atoms with van der Waals surface area (Å²) in [6.07, 6.45) is 3.16. The second-order valence-electron chi connectivity index (χ2n) is 8.16. The van der Waals surface area contributed by atoms with Crippen LogP contribution < -0.4 is 0 Å². The normalized spacial score (nSPS) is 27.5. The van der Waals surface area contributed by atoms with E-state index in [0.717, 1.165) is 37.8 Å². The van der Waals surface area contributed by atoms with Gasteiger partial charge in [0, 0.05) is 39.8 Å². The molecule has 0 radical (unpaired) electrons. The molecule has 0 aromatic heterocycles. The molecule has 1 spiro atoms. The maximum atomic E-state index is 13.5. The molecule has 0 N–H and O–H groups in total. The van der Waals surface area contributed by atoms with Crippen molar-refractivity contribution in [3.63, 3.8) is 0 Å². The Kier molecular flexibility index (Phi) is 5.66. The van der Waals surface area contributed by atoms with Crippen molar-refractivity contribution in [3.8, 4) is 0 Å². The van der Waals surface area contributed by atoms with Crippen molar-refractivity contribution < 1.29 is 13.2 Å². The number of aryl methyl sites for hydroxylation is 1. The molecule has 1 aromatic rings. The van der Waals surface area contributed by atoms with E-state index in [0.29, 0.717) is 13.1 Å². The summed E-state index contributed by atoms with van der Waals surface area (Å²) in [7, 11) is -0.431. The molecule has 7 heteroatoms. The SMILES string of the molecule is Cc1cccc(CN2CCC[C@@]3(CCCN(S(=O)(=O)N(C)C)[C@@H]3C)C2=O)c1. The van der Waals surface area contributed by atoms with Gasteiger partial charge in [-0.05, 0) is 45.1 Å². The minimum atomic E-state index is -3.53. The fraction of sp³-hybridized carbons (Fsp3) is 0.650. The van der Waals surface area contributed by atoms with Crippen LogP contribution in [0.25, 0.3) is 0 Å². The maximum Gasteiger partial charge on any atom is 0.281 e. The summed E-state index contributed by atoms with van der Waals surface area (Å²) < 4.78 is 28.3. The fourth-order valence-electron chi connectivity index (χ4n) is 4.66. The van der Waals surface area contributed by atoms with Crippen molar-refractivity contribution in [2.45, 2.75) is 52.1 Å². The third kappa shape index (κ3) is 3.65. The van der Waals surface area contributed by atoms with E-state index in [1.807, 2.05) is 17.9 Å². The lowest BCUT2D eigenvalue weighted by Crippen LogP contribution is -2.62. The zero-order valence-electron chi connectivity index (χ0n) is 16.8. The number of hydrogen-bond donors (Lipinski definition) is 0. The highest BCUT2D eigenvalue weighted by molar-refractivity contribution is 7.86. The van der Waals surface area contributed by atoms with Crippen LogP contribution in [0.1, 0.15) is 43.7 Å². The predicted octanol–water partition coefficient (Wildman–Crippen LogP) is 2.39. The van der Waals surface area contributed by atoms with Crippen molar-refractivity contribution in [1.82, 2.24) is 13.5 Å². The number of carbonyl (C=O) groups excluding carboxylic acids is 1. The molecule has 2 aliphatic heterocycles. The van der Waals surface area contributed by atoms with Crippen LogP contribution in [0.3, 0.4) is 0 Å². The molecular formula is C20H31N3O3S. The number of carbonyl (C=O) groups is 1. The monoisotopic (exact) mass is 393 g/mol. The summed E-state index contributed by atoms with van der Waals surface area (Å²) in [5.41, 5.74) is 1.70. The lowest BCUT2D eigenvalue weighted by molar-refractivity contribution is -0.153. The predicted molar refractivity (Wildman–Crippen MR) is 106 cm³/mol. The average molecular weight is 394 g/mol. The number of likely N-dealkylation sites (tertiary alicyclic amines) is 1. The Bertz CT molecular complexity index is 804. The summed E-state index contributed by atoms with van der Waals surface area (Å²) in [5.74, 6) is 0.112. The number of benzene rings is 1. The summed E-state index contributed by atoms with van der Waals surface area (Å²) in [5, 5.41) is 0. The fourth-order valence-corrected chi connectivity index (χ4v) is 6.04. The third-order valence-electron chi connectivity index (χ3n) is 6.21. The molecule has 150 valence electrons. The molecule has 3 rings (SSSR count). The molecule has 2 fully saturated rings. The van der Waals surface area contributed by atoms with Crippen molar-refractivity contribution in [3.05, 3.63) is 35.4 Å². The molecule has 0 bridgehead atoms. The Morgan fingerprint density at radius 2 is 1.85 bits per heavy atom. The Balaban J connectivity index is 1.87. The van der Waals surface area contributed by atoms with Gasteiger partial charge in [-0.3, -0.25) is 4.79 Å². The van der Waals surface area contributed by atoms with Gasteiger partial charge < -0.3 is 4.90 Å². The number of amides is 1. The van der Waals surface area contributed by atoms with E-state index < -0.39 is 15.6 Å². The number of nitrogens with zero attached hydrogens (tertiary/aromatic N) is 3. The highest BCUT2D eigenvalue weighted by atomic mass is 32.2. The first kappa shape index (κ1) is 20.3. The second kappa shape index (κ2) is 7.53. The summed E-state index contributed by atoms with van der Waals surface area (Å²) in [4.78, 5) is 15.5. The first-order chi connectivity index (χ1) is 12.7. The highest BCUT2D eigenvalue weighted by Crippen LogP contribution is 2.45. The van der Waals surface area contributed by atoms with E-state index in [2.05, 4.69) is 25.1 Å². The van der Waals surface area contributed by atoms with Gasteiger partial charge in [-0.2, -0.15) is 17.0 Å². The molecule has 1 aromatic carbocycles. The van der Waals surface area contributed by atoms with Crippen molar-refractivity contribution >= 4 is 16.1 Å². The molecule has 27 heavy (non-hydrogen) atoms. The molecule has 0 aliphatic carbocycles. The van der Waals surface area contributed by atoms with Crippen LogP contribution in [-0.4, -0.2) is 61.1 Å². The smallest absolute Gasteiger partial charge is 0.281 e. The largest absolute Gasteiger partial charge is 0.338 e. The average Bonchev–Trinajstić information content (AvgIpc) is 2.61. The zero-order chi connectivity index (χ0) is 19.8. The minimum Gasteiger partial charge on any atom is -0.338 e. The molecule has 2 saturated heterocycles. The molecular weight excluding hydrogens is 362 g/mol. The van der Waals surface area contributed by atoms with Gasteiger partial charge in [-0.15, -0.1) is 0 Å². The van der Waals surface area contributed by atoms with E-state index in [-0.39, 0.29) is 11.9 Å². The van der Waals surface area contributed by atoms with Crippen LogP contribution in [0, 0.1) is 12.3 Å². The molecule has 1 amide bonds. The van der Waals surface area contributed by atoms with Crippen LogP contribution in [0.4, 0.5) is 0 Å². The van der Waals surface area contributed by atoms with E-state index >= 15 is 0 Å². The van der Waals surface area contributed by atoms with Crippen molar-refractivity contribution in [2.24, 2.45) is 5.41 Å². The van der Waals surface area contributed by atoms with Crippen molar-refractivity contribution in [2.75, 3.05) is 27.2 Å². The topological polar surface area (TPSA) is 60.9 Å². The summed E-state index contributed by atoms with van der Waals surface area (Å²) in [6, 6.07) is 7.90. The van der Waals surface area contributed by atoms with E-state index in [9.17, 15) is 13.2 Å². The van der Waals surface area contributed by atoms with Gasteiger partial charge in [0.2, 0.25) is 5.91 Å². The molecule has 0 saturated carbocycles. The lowest BCUT2D eigenvalue weighted by atomic mass is 9.68. The van der Waals surface area contributed by atoms with E-state index in [1.165, 1.54) is 14.2 Å². The van der Waals surface area contributed by atoms with Gasteiger partial charge >= 0.3 is 0 Å². The van der Waals surface area contributed by atoms with Crippen LogP contribution in [-0.2, 0) is 21.5 Å². The maximum absolute atomic E-state index is 13.5. The number of piperidine rings is 2.